The molecule has 256 valence electrons. The van der Waals surface area contributed by atoms with E-state index < -0.39 is 0 Å². The molecule has 0 unspecified atom stereocenters. The van der Waals surface area contributed by atoms with Crippen molar-refractivity contribution >= 4 is 95.6 Å². The summed E-state index contributed by atoms with van der Waals surface area (Å²) in [5, 5.41) is 9.81. The second-order valence-electron chi connectivity index (χ2n) is 14.0. The maximum Gasteiger partial charge on any atom is 0.238 e. The lowest BCUT2D eigenvalue weighted by Gasteiger charge is -2.12. The molecule has 0 aliphatic rings. The zero-order chi connectivity index (χ0) is 36.0. The predicted molar refractivity (Wildman–Crippen MR) is 234 cm³/mol. The molecule has 6 heteroatoms. The van der Waals surface area contributed by atoms with Crippen LogP contribution >= 0.6 is 22.7 Å². The number of hydrogen-bond acceptors (Lipinski definition) is 5. The number of thiophene rings is 2. The van der Waals surface area contributed by atoms with Crippen LogP contribution < -0.4 is 0 Å². The quantitative estimate of drug-likeness (QED) is 0.181. The Kier molecular flexibility index (Phi) is 6.64. The molecular weight excluding hydrogens is 709 g/mol. The van der Waals surface area contributed by atoms with Gasteiger partial charge in [-0.3, -0.25) is 4.57 Å². The van der Waals surface area contributed by atoms with Crippen LogP contribution in [0.15, 0.2) is 170 Å². The zero-order valence-corrected chi connectivity index (χ0v) is 30.9. The van der Waals surface area contributed by atoms with Gasteiger partial charge in [-0.15, -0.1) is 22.7 Å². The molecule has 0 spiro atoms. The van der Waals surface area contributed by atoms with E-state index in [-0.39, 0.29) is 0 Å². The summed E-state index contributed by atoms with van der Waals surface area (Å²) in [5.41, 5.74) is 6.39. The van der Waals surface area contributed by atoms with E-state index in [9.17, 15) is 0 Å². The van der Waals surface area contributed by atoms with Crippen molar-refractivity contribution in [3.05, 3.63) is 170 Å². The van der Waals surface area contributed by atoms with E-state index in [1.165, 1.54) is 67.5 Å². The van der Waals surface area contributed by atoms with E-state index in [0.717, 1.165) is 27.7 Å². The van der Waals surface area contributed by atoms with Crippen molar-refractivity contribution in [3.8, 4) is 39.9 Å². The van der Waals surface area contributed by atoms with Crippen molar-refractivity contribution < 1.29 is 0 Å². The average molecular weight is 737 g/mol. The van der Waals surface area contributed by atoms with Crippen LogP contribution in [0.1, 0.15) is 0 Å². The Morgan fingerprint density at radius 1 is 0.364 bits per heavy atom. The van der Waals surface area contributed by atoms with Gasteiger partial charge in [0.2, 0.25) is 5.95 Å². The minimum absolute atomic E-state index is 0.598. The van der Waals surface area contributed by atoms with E-state index in [4.69, 9.17) is 15.0 Å². The Morgan fingerprint density at radius 2 is 0.927 bits per heavy atom. The van der Waals surface area contributed by atoms with Crippen LogP contribution in [0, 0.1) is 0 Å². The van der Waals surface area contributed by atoms with Crippen LogP contribution in [0.25, 0.3) is 113 Å². The fraction of sp³-hybridized carbons (Fsp3) is 0. The first-order chi connectivity index (χ1) is 27.3. The second-order valence-corrected chi connectivity index (χ2v) is 16.1. The van der Waals surface area contributed by atoms with Crippen molar-refractivity contribution in [3.63, 3.8) is 0 Å². The normalized spacial score (nSPS) is 12.0. The number of rotatable bonds is 4. The summed E-state index contributed by atoms with van der Waals surface area (Å²) in [6, 6.07) is 60.5. The number of nitrogens with zero attached hydrogens (tertiary/aromatic N) is 4. The molecule has 4 nitrogen and oxygen atoms in total. The Balaban J connectivity index is 1.19. The smallest absolute Gasteiger partial charge is 0.238 e. The maximum absolute atomic E-state index is 5.41. The van der Waals surface area contributed by atoms with Gasteiger partial charge in [-0.2, -0.15) is 9.97 Å². The predicted octanol–water partition coefficient (Wildman–Crippen LogP) is 13.9. The summed E-state index contributed by atoms with van der Waals surface area (Å²) in [7, 11) is 0. The molecule has 0 radical (unpaired) electrons. The third kappa shape index (κ3) is 4.65. The molecule has 0 saturated carbocycles. The summed E-state index contributed by atoms with van der Waals surface area (Å²) >= 11 is 3.67. The number of benzene rings is 8. The van der Waals surface area contributed by atoms with Gasteiger partial charge in [-0.25, -0.2) is 4.98 Å². The summed E-state index contributed by atoms with van der Waals surface area (Å²) < 4.78 is 7.35. The molecule has 55 heavy (non-hydrogen) atoms. The molecule has 4 heterocycles. The molecule has 0 amide bonds. The fourth-order valence-corrected chi connectivity index (χ4v) is 10.7. The molecule has 0 bridgehead atoms. The Bertz CT molecular complexity index is 3490. The van der Waals surface area contributed by atoms with Crippen molar-refractivity contribution in [1.82, 2.24) is 19.5 Å². The molecule has 12 rings (SSSR count). The first kappa shape index (κ1) is 30.7. The Hall–Kier alpha value is -6.73. The third-order valence-electron chi connectivity index (χ3n) is 10.9. The van der Waals surface area contributed by atoms with Crippen LogP contribution in [0.2, 0.25) is 0 Å². The number of para-hydroxylation sites is 1. The lowest BCUT2D eigenvalue weighted by atomic mass is 10.00. The topological polar surface area (TPSA) is 43.6 Å². The summed E-state index contributed by atoms with van der Waals surface area (Å²) in [5.74, 6) is 1.87. The van der Waals surface area contributed by atoms with Gasteiger partial charge in [-0.05, 0) is 52.9 Å². The third-order valence-corrected chi connectivity index (χ3v) is 13.2. The summed E-state index contributed by atoms with van der Waals surface area (Å²) in [6.45, 7) is 0. The Morgan fingerprint density at radius 3 is 1.73 bits per heavy atom. The molecule has 0 atom stereocenters. The molecule has 12 aromatic rings. The van der Waals surface area contributed by atoms with Gasteiger partial charge in [0.25, 0.3) is 0 Å². The monoisotopic (exact) mass is 736 g/mol. The minimum atomic E-state index is 0.598. The highest BCUT2D eigenvalue weighted by Crippen LogP contribution is 2.47. The second kappa shape index (κ2) is 11.9. The van der Waals surface area contributed by atoms with Crippen LogP contribution in [0.3, 0.4) is 0 Å². The molecule has 0 N–H and O–H groups in total. The highest BCUT2D eigenvalue weighted by atomic mass is 32.1. The Labute approximate surface area is 323 Å². The van der Waals surface area contributed by atoms with Gasteiger partial charge in [-0.1, -0.05) is 133 Å². The van der Waals surface area contributed by atoms with E-state index in [0.29, 0.717) is 17.6 Å². The lowest BCUT2D eigenvalue weighted by Crippen LogP contribution is -2.06. The van der Waals surface area contributed by atoms with Crippen molar-refractivity contribution in [1.29, 1.82) is 0 Å². The minimum Gasteiger partial charge on any atom is -0.277 e. The molecule has 0 saturated heterocycles. The van der Waals surface area contributed by atoms with E-state index in [2.05, 4.69) is 168 Å². The van der Waals surface area contributed by atoms with Gasteiger partial charge < -0.3 is 0 Å². The number of fused-ring (bicyclic) bond motifs is 13. The van der Waals surface area contributed by atoms with Gasteiger partial charge in [0.1, 0.15) is 0 Å². The lowest BCUT2D eigenvalue weighted by molar-refractivity contribution is 0.955. The summed E-state index contributed by atoms with van der Waals surface area (Å²) in [6.07, 6.45) is 0. The van der Waals surface area contributed by atoms with Gasteiger partial charge >= 0.3 is 0 Å². The highest BCUT2D eigenvalue weighted by Gasteiger charge is 2.24. The largest absolute Gasteiger partial charge is 0.277 e. The van der Waals surface area contributed by atoms with Crippen LogP contribution in [0.4, 0.5) is 0 Å². The maximum atomic E-state index is 5.41. The molecular formula is C49H28N4S2. The van der Waals surface area contributed by atoms with Gasteiger partial charge in [0.05, 0.1) is 11.0 Å². The van der Waals surface area contributed by atoms with Crippen LogP contribution in [-0.2, 0) is 0 Å². The zero-order valence-electron chi connectivity index (χ0n) is 29.3. The molecule has 0 aliphatic carbocycles. The first-order valence-corrected chi connectivity index (χ1v) is 20.0. The average Bonchev–Trinajstić information content (AvgIpc) is 3.94. The fourth-order valence-electron chi connectivity index (χ4n) is 8.36. The van der Waals surface area contributed by atoms with Crippen LogP contribution in [0.5, 0.6) is 0 Å². The van der Waals surface area contributed by atoms with Crippen LogP contribution in [-0.4, -0.2) is 19.5 Å². The molecule has 0 aliphatic heterocycles. The van der Waals surface area contributed by atoms with E-state index >= 15 is 0 Å². The molecule has 0 fully saturated rings. The molecule has 8 aromatic carbocycles. The standard InChI is InChI=1S/C49H28N4S2/c1-2-12-29(13-3-1)30-22-24-31(25-23-30)47-50-48(32-26-27-42-38(28-32)33-14-7-10-20-40(33)54-42)52-49(51-47)53-39-19-9-6-17-36(39)43-34-15-4-5-16-35(34)46-44(45(43)53)37-18-8-11-21-41(37)55-46/h1-28H. The highest BCUT2D eigenvalue weighted by molar-refractivity contribution is 7.27. The van der Waals surface area contributed by atoms with Crippen molar-refractivity contribution in [2.45, 2.75) is 0 Å². The number of aromatic nitrogens is 4. The van der Waals surface area contributed by atoms with Crippen molar-refractivity contribution in [2.24, 2.45) is 0 Å². The van der Waals surface area contributed by atoms with Crippen molar-refractivity contribution in [2.75, 3.05) is 0 Å². The summed E-state index contributed by atoms with van der Waals surface area (Å²) in [4.78, 5) is 16.0. The van der Waals surface area contributed by atoms with E-state index in [1.54, 1.807) is 0 Å². The van der Waals surface area contributed by atoms with Gasteiger partial charge in [0, 0.05) is 67.6 Å². The van der Waals surface area contributed by atoms with E-state index in [1.807, 2.05) is 28.7 Å². The number of hydrogen-bond donors (Lipinski definition) is 0. The first-order valence-electron chi connectivity index (χ1n) is 18.4. The SMILES string of the molecule is c1ccc(-c2ccc(-c3nc(-c4ccc5sc6ccccc6c5c4)nc(-n4c5ccccc5c5c6ccccc6c6sc7ccccc7c6c54)n3)cc2)cc1. The van der Waals surface area contributed by atoms with Gasteiger partial charge in [0.15, 0.2) is 11.6 Å². The molecule has 4 aromatic heterocycles.